The first-order valence-electron chi connectivity index (χ1n) is 5.93. The molecular weight excluding hydrogens is 214 g/mol. The summed E-state index contributed by atoms with van der Waals surface area (Å²) in [5.74, 6) is 2.08. The molecule has 0 aliphatic rings. The molecule has 4 heteroatoms. The van der Waals surface area contributed by atoms with Gasteiger partial charge in [0.05, 0.1) is 6.61 Å². The number of hydrogen-bond acceptors (Lipinski definition) is 4. The van der Waals surface area contributed by atoms with E-state index in [0.29, 0.717) is 12.4 Å². The SMILES string of the molecule is C=CN(CCC)c1nc(N)cc(OCC)c1C. The molecule has 1 heterocycles. The van der Waals surface area contributed by atoms with Gasteiger partial charge in [0.25, 0.3) is 0 Å². The molecule has 2 N–H and O–H groups in total. The van der Waals surface area contributed by atoms with Crippen molar-refractivity contribution in [3.8, 4) is 5.75 Å². The van der Waals surface area contributed by atoms with E-state index in [2.05, 4.69) is 18.5 Å². The average molecular weight is 235 g/mol. The first kappa shape index (κ1) is 13.4. The fourth-order valence-electron chi connectivity index (χ4n) is 1.70. The fraction of sp³-hybridized carbons (Fsp3) is 0.462. The number of ether oxygens (including phenoxy) is 1. The standard InChI is InChI=1S/C13H21N3O/c1-5-8-16(6-2)13-10(4)11(17-7-3)9-12(14)15-13/h6,9H,2,5,7-8H2,1,3-4H3,(H2,14,15). The number of rotatable bonds is 6. The smallest absolute Gasteiger partial charge is 0.141 e. The Bertz CT molecular complexity index is 390. The van der Waals surface area contributed by atoms with Gasteiger partial charge >= 0.3 is 0 Å². The minimum atomic E-state index is 0.469. The summed E-state index contributed by atoms with van der Waals surface area (Å²) in [4.78, 5) is 6.35. The topological polar surface area (TPSA) is 51.4 Å². The van der Waals surface area contributed by atoms with Gasteiger partial charge in [-0.1, -0.05) is 13.5 Å². The van der Waals surface area contributed by atoms with Crippen LogP contribution in [0.3, 0.4) is 0 Å². The van der Waals surface area contributed by atoms with Crippen LogP contribution in [0.4, 0.5) is 11.6 Å². The number of anilines is 2. The van der Waals surface area contributed by atoms with Crippen molar-refractivity contribution in [2.75, 3.05) is 23.8 Å². The van der Waals surface area contributed by atoms with Gasteiger partial charge in [-0.2, -0.15) is 0 Å². The molecule has 0 bridgehead atoms. The molecule has 0 fully saturated rings. The molecule has 1 rings (SSSR count). The van der Waals surface area contributed by atoms with Crippen molar-refractivity contribution >= 4 is 11.6 Å². The molecule has 94 valence electrons. The van der Waals surface area contributed by atoms with Gasteiger partial charge in [-0.15, -0.1) is 0 Å². The second kappa shape index (κ2) is 6.13. The van der Waals surface area contributed by atoms with E-state index in [4.69, 9.17) is 10.5 Å². The number of hydrogen-bond donors (Lipinski definition) is 1. The Labute approximate surface area is 103 Å². The summed E-state index contributed by atoms with van der Waals surface area (Å²) in [5.41, 5.74) is 6.79. The highest BCUT2D eigenvalue weighted by Crippen LogP contribution is 2.29. The maximum absolute atomic E-state index is 5.80. The van der Waals surface area contributed by atoms with Crippen molar-refractivity contribution in [2.24, 2.45) is 0 Å². The van der Waals surface area contributed by atoms with E-state index in [-0.39, 0.29) is 0 Å². The normalized spacial score (nSPS) is 10.1. The Morgan fingerprint density at radius 1 is 1.53 bits per heavy atom. The lowest BCUT2D eigenvalue weighted by Crippen LogP contribution is -2.19. The largest absolute Gasteiger partial charge is 0.493 e. The lowest BCUT2D eigenvalue weighted by atomic mass is 10.2. The van der Waals surface area contributed by atoms with E-state index in [0.717, 1.165) is 30.1 Å². The van der Waals surface area contributed by atoms with E-state index in [9.17, 15) is 0 Å². The minimum Gasteiger partial charge on any atom is -0.493 e. The van der Waals surface area contributed by atoms with Gasteiger partial charge in [0, 0.05) is 18.2 Å². The van der Waals surface area contributed by atoms with Crippen LogP contribution in [0, 0.1) is 6.92 Å². The monoisotopic (exact) mass is 235 g/mol. The van der Waals surface area contributed by atoms with E-state index >= 15 is 0 Å². The lowest BCUT2D eigenvalue weighted by Gasteiger charge is -2.22. The summed E-state index contributed by atoms with van der Waals surface area (Å²) < 4.78 is 5.55. The molecule has 0 saturated carbocycles. The number of aromatic nitrogens is 1. The van der Waals surface area contributed by atoms with Crippen LogP contribution < -0.4 is 15.4 Å². The summed E-state index contributed by atoms with van der Waals surface area (Å²) in [7, 11) is 0. The van der Waals surface area contributed by atoms with Crippen LogP contribution in [0.15, 0.2) is 18.8 Å². The van der Waals surface area contributed by atoms with E-state index < -0.39 is 0 Å². The molecule has 0 atom stereocenters. The van der Waals surface area contributed by atoms with E-state index in [1.54, 1.807) is 12.3 Å². The zero-order valence-corrected chi connectivity index (χ0v) is 10.9. The van der Waals surface area contributed by atoms with Crippen molar-refractivity contribution in [3.05, 3.63) is 24.4 Å². The molecule has 0 saturated heterocycles. The van der Waals surface area contributed by atoms with Crippen molar-refractivity contribution < 1.29 is 4.74 Å². The molecule has 1 aromatic rings. The molecule has 4 nitrogen and oxygen atoms in total. The van der Waals surface area contributed by atoms with Gasteiger partial charge in [-0.25, -0.2) is 4.98 Å². The molecule has 1 aromatic heterocycles. The van der Waals surface area contributed by atoms with Crippen LogP contribution in [0.5, 0.6) is 5.75 Å². The highest BCUT2D eigenvalue weighted by molar-refractivity contribution is 5.59. The van der Waals surface area contributed by atoms with Crippen molar-refractivity contribution in [3.63, 3.8) is 0 Å². The Balaban J connectivity index is 3.17. The second-order valence-electron chi connectivity index (χ2n) is 3.80. The molecule has 0 amide bonds. The maximum Gasteiger partial charge on any atom is 0.141 e. The summed E-state index contributed by atoms with van der Waals surface area (Å²) in [6, 6.07) is 1.76. The van der Waals surface area contributed by atoms with Crippen LogP contribution in [-0.2, 0) is 0 Å². The first-order chi connectivity index (χ1) is 8.13. The molecule has 0 aromatic carbocycles. The van der Waals surface area contributed by atoms with Crippen molar-refractivity contribution in [2.45, 2.75) is 27.2 Å². The van der Waals surface area contributed by atoms with Crippen LogP contribution in [0.1, 0.15) is 25.8 Å². The molecular formula is C13H21N3O. The Kier molecular flexibility index (Phi) is 4.82. The molecule has 0 radical (unpaired) electrons. The highest BCUT2D eigenvalue weighted by Gasteiger charge is 2.13. The highest BCUT2D eigenvalue weighted by atomic mass is 16.5. The van der Waals surface area contributed by atoms with Gasteiger partial charge in [0.15, 0.2) is 0 Å². The van der Waals surface area contributed by atoms with Crippen molar-refractivity contribution in [1.82, 2.24) is 4.98 Å². The molecule has 0 aliphatic heterocycles. The number of nitrogens with zero attached hydrogens (tertiary/aromatic N) is 2. The van der Waals surface area contributed by atoms with Crippen LogP contribution in [0.2, 0.25) is 0 Å². The molecule has 17 heavy (non-hydrogen) atoms. The summed E-state index contributed by atoms with van der Waals surface area (Å²) in [6.07, 6.45) is 2.79. The predicted molar refractivity (Wildman–Crippen MR) is 72.4 cm³/mol. The quantitative estimate of drug-likeness (QED) is 0.823. The zero-order chi connectivity index (χ0) is 12.8. The Morgan fingerprint density at radius 3 is 2.76 bits per heavy atom. The van der Waals surface area contributed by atoms with E-state index in [1.165, 1.54) is 0 Å². The number of pyridine rings is 1. The summed E-state index contributed by atoms with van der Waals surface area (Å²) in [5, 5.41) is 0. The minimum absolute atomic E-state index is 0.469. The second-order valence-corrected chi connectivity index (χ2v) is 3.80. The van der Waals surface area contributed by atoms with Gasteiger partial charge < -0.3 is 15.4 Å². The molecule has 0 spiro atoms. The van der Waals surface area contributed by atoms with Gasteiger partial charge in [-0.05, 0) is 26.5 Å². The third-order valence-electron chi connectivity index (χ3n) is 2.48. The van der Waals surface area contributed by atoms with Gasteiger partial charge in [-0.3, -0.25) is 0 Å². The van der Waals surface area contributed by atoms with Crippen LogP contribution in [0.25, 0.3) is 0 Å². The van der Waals surface area contributed by atoms with Crippen molar-refractivity contribution in [1.29, 1.82) is 0 Å². The third kappa shape index (κ3) is 3.12. The molecule has 0 aliphatic carbocycles. The van der Waals surface area contributed by atoms with Gasteiger partial charge in [0.2, 0.25) is 0 Å². The van der Waals surface area contributed by atoms with Crippen LogP contribution >= 0.6 is 0 Å². The van der Waals surface area contributed by atoms with Gasteiger partial charge in [0.1, 0.15) is 17.4 Å². The number of nitrogen functional groups attached to an aromatic ring is 1. The number of nitrogens with two attached hydrogens (primary N) is 1. The summed E-state index contributed by atoms with van der Waals surface area (Å²) >= 11 is 0. The first-order valence-corrected chi connectivity index (χ1v) is 5.93. The molecule has 0 unspecified atom stereocenters. The third-order valence-corrected chi connectivity index (χ3v) is 2.48. The fourth-order valence-corrected chi connectivity index (χ4v) is 1.70. The Morgan fingerprint density at radius 2 is 2.24 bits per heavy atom. The lowest BCUT2D eigenvalue weighted by molar-refractivity contribution is 0.338. The maximum atomic E-state index is 5.80. The van der Waals surface area contributed by atoms with Crippen LogP contribution in [-0.4, -0.2) is 18.1 Å². The summed E-state index contributed by atoms with van der Waals surface area (Å²) in [6.45, 7) is 11.3. The zero-order valence-electron chi connectivity index (χ0n) is 10.9. The Hall–Kier alpha value is -1.71. The predicted octanol–water partition coefficient (Wildman–Crippen LogP) is 2.73. The average Bonchev–Trinajstić information content (AvgIpc) is 2.31. The van der Waals surface area contributed by atoms with E-state index in [1.807, 2.05) is 18.7 Å².